The summed E-state index contributed by atoms with van der Waals surface area (Å²) in [6, 6.07) is 21.6. The lowest BCUT2D eigenvalue weighted by molar-refractivity contribution is -0.113. The maximum atomic E-state index is 13.9. The molecule has 1 amide bonds. The highest BCUT2D eigenvalue weighted by Crippen LogP contribution is 2.36. The molecule has 1 N–H and O–H groups in total. The quantitative estimate of drug-likeness (QED) is 0.142. The second-order valence-corrected chi connectivity index (χ2v) is 14.3. The number of nitrogens with one attached hydrogen (secondary N) is 1. The van der Waals surface area contributed by atoms with Crippen molar-refractivity contribution < 1.29 is 4.79 Å². The Balaban J connectivity index is 1.12. The molecule has 3 aromatic heterocycles. The molecule has 6 nitrogen and oxygen atoms in total. The third-order valence-electron chi connectivity index (χ3n) is 7.33. The van der Waals surface area contributed by atoms with Gasteiger partial charge in [-0.1, -0.05) is 33.8 Å². The van der Waals surface area contributed by atoms with E-state index in [2.05, 4.69) is 40.3 Å². The number of hydrogen-bond acceptors (Lipinski definition) is 7. The molecule has 0 saturated heterocycles. The standard InChI is InChI=1S/C32H25BrN4O2S3/c1-18-6-15-24-26(16-18)42-29(35-24)19-7-11-21(12-8-19)34-27(38)17-40-32-36-30-28(23-4-2-3-5-25(23)41-30)31(39)37(32)22-13-9-20(33)10-14-22/h6-16H,2-5,17H2,1H3,(H,34,38). The average molecular weight is 674 g/mol. The Morgan fingerprint density at radius 2 is 1.79 bits per heavy atom. The fourth-order valence-electron chi connectivity index (χ4n) is 5.28. The lowest BCUT2D eigenvalue weighted by Gasteiger charge is -2.14. The second-order valence-electron chi connectivity index (χ2n) is 10.3. The molecular formula is C32H25BrN4O2S3. The third kappa shape index (κ3) is 5.32. The summed E-state index contributed by atoms with van der Waals surface area (Å²) in [6.07, 6.45) is 4.15. The molecule has 0 saturated carbocycles. The molecule has 0 aliphatic heterocycles. The molecule has 1 aliphatic rings. The summed E-state index contributed by atoms with van der Waals surface area (Å²) in [5.74, 6) is -0.0381. The lowest BCUT2D eigenvalue weighted by atomic mass is 9.97. The van der Waals surface area contributed by atoms with Gasteiger partial charge in [0, 0.05) is 20.6 Å². The van der Waals surface area contributed by atoms with Crippen LogP contribution in [0.3, 0.4) is 0 Å². The van der Waals surface area contributed by atoms with E-state index in [-0.39, 0.29) is 17.2 Å². The Hall–Kier alpha value is -3.31. The van der Waals surface area contributed by atoms with Crippen molar-refractivity contribution in [1.29, 1.82) is 0 Å². The number of anilines is 1. The highest BCUT2D eigenvalue weighted by atomic mass is 79.9. The largest absolute Gasteiger partial charge is 0.325 e. The van der Waals surface area contributed by atoms with Gasteiger partial charge in [0.05, 0.1) is 27.0 Å². The number of benzene rings is 3. The number of fused-ring (bicyclic) bond motifs is 4. The average Bonchev–Trinajstić information content (AvgIpc) is 3.58. The van der Waals surface area contributed by atoms with Gasteiger partial charge < -0.3 is 5.32 Å². The smallest absolute Gasteiger partial charge is 0.267 e. The highest BCUT2D eigenvalue weighted by Gasteiger charge is 2.23. The zero-order valence-corrected chi connectivity index (χ0v) is 26.7. The molecule has 0 atom stereocenters. The molecule has 3 aromatic carbocycles. The molecule has 7 rings (SSSR count). The fraction of sp³-hybridized carbons (Fsp3) is 0.188. The summed E-state index contributed by atoms with van der Waals surface area (Å²) in [5.41, 5.74) is 5.75. The van der Waals surface area contributed by atoms with Crippen LogP contribution in [0.4, 0.5) is 5.69 Å². The number of thiazole rings is 1. The molecule has 3 heterocycles. The monoisotopic (exact) mass is 672 g/mol. The SMILES string of the molecule is Cc1ccc2nc(-c3ccc(NC(=O)CSc4nc5sc6c(c5c(=O)n4-c4ccc(Br)cc4)CCCC6)cc3)sc2c1. The highest BCUT2D eigenvalue weighted by molar-refractivity contribution is 9.10. The molecular weight excluding hydrogens is 648 g/mol. The molecule has 0 bridgehead atoms. The second kappa shape index (κ2) is 11.4. The van der Waals surface area contributed by atoms with Gasteiger partial charge in [0.25, 0.3) is 5.56 Å². The number of rotatable bonds is 6. The lowest BCUT2D eigenvalue weighted by Crippen LogP contribution is -2.23. The van der Waals surface area contributed by atoms with E-state index in [0.29, 0.717) is 10.8 Å². The number of hydrogen-bond donors (Lipinski definition) is 1. The zero-order valence-electron chi connectivity index (χ0n) is 22.6. The third-order valence-corrected chi connectivity index (χ3v) is 11.1. The molecule has 1 aliphatic carbocycles. The van der Waals surface area contributed by atoms with Crippen molar-refractivity contribution in [2.45, 2.75) is 37.8 Å². The number of thiophene rings is 1. The van der Waals surface area contributed by atoms with Crippen molar-refractivity contribution in [3.8, 4) is 16.3 Å². The van der Waals surface area contributed by atoms with Crippen LogP contribution in [0.5, 0.6) is 0 Å². The van der Waals surface area contributed by atoms with E-state index in [1.807, 2.05) is 54.6 Å². The van der Waals surface area contributed by atoms with E-state index < -0.39 is 0 Å². The topological polar surface area (TPSA) is 76.9 Å². The summed E-state index contributed by atoms with van der Waals surface area (Å²) < 4.78 is 3.75. The number of carbonyl (C=O) groups excluding carboxylic acids is 1. The van der Waals surface area contributed by atoms with Gasteiger partial charge in [0.2, 0.25) is 5.91 Å². The fourth-order valence-corrected chi connectivity index (χ4v) is 8.73. The molecule has 10 heteroatoms. The van der Waals surface area contributed by atoms with Crippen molar-refractivity contribution in [3.05, 3.63) is 97.6 Å². The van der Waals surface area contributed by atoms with Crippen LogP contribution in [-0.4, -0.2) is 26.2 Å². The minimum Gasteiger partial charge on any atom is -0.325 e. The van der Waals surface area contributed by atoms with Crippen LogP contribution in [0, 0.1) is 6.92 Å². The van der Waals surface area contributed by atoms with Gasteiger partial charge in [-0.25, -0.2) is 9.97 Å². The molecule has 0 unspecified atom stereocenters. The van der Waals surface area contributed by atoms with Crippen LogP contribution in [0.2, 0.25) is 0 Å². The van der Waals surface area contributed by atoms with E-state index in [1.54, 1.807) is 27.2 Å². The van der Waals surface area contributed by atoms with Crippen molar-refractivity contribution in [2.24, 2.45) is 0 Å². The summed E-state index contributed by atoms with van der Waals surface area (Å²) in [4.78, 5) is 38.7. The van der Waals surface area contributed by atoms with Crippen LogP contribution in [0.1, 0.15) is 28.8 Å². The van der Waals surface area contributed by atoms with Crippen molar-refractivity contribution in [1.82, 2.24) is 14.5 Å². The van der Waals surface area contributed by atoms with Gasteiger partial charge in [0.1, 0.15) is 9.84 Å². The molecule has 6 aromatic rings. The van der Waals surface area contributed by atoms with Gasteiger partial charge in [-0.15, -0.1) is 22.7 Å². The Morgan fingerprint density at radius 3 is 2.60 bits per heavy atom. The first kappa shape index (κ1) is 27.5. The molecule has 0 radical (unpaired) electrons. The summed E-state index contributed by atoms with van der Waals surface area (Å²) >= 11 is 8.05. The van der Waals surface area contributed by atoms with E-state index in [4.69, 9.17) is 9.97 Å². The number of amides is 1. The number of carbonyl (C=O) groups is 1. The number of nitrogens with zero attached hydrogens (tertiary/aromatic N) is 3. The minimum absolute atomic E-state index is 0.0646. The summed E-state index contributed by atoms with van der Waals surface area (Å²) in [7, 11) is 0. The van der Waals surface area contributed by atoms with Gasteiger partial charge >= 0.3 is 0 Å². The molecule has 0 fully saturated rings. The van der Waals surface area contributed by atoms with Crippen LogP contribution in [0.15, 0.2) is 81.2 Å². The number of aromatic nitrogens is 3. The van der Waals surface area contributed by atoms with Crippen LogP contribution in [-0.2, 0) is 17.6 Å². The van der Waals surface area contributed by atoms with E-state index in [0.717, 1.165) is 72.4 Å². The van der Waals surface area contributed by atoms with Crippen LogP contribution in [0.25, 0.3) is 36.7 Å². The van der Waals surface area contributed by atoms with Crippen LogP contribution >= 0.6 is 50.4 Å². The minimum atomic E-state index is -0.162. The molecule has 0 spiro atoms. The Morgan fingerprint density at radius 1 is 1.00 bits per heavy atom. The van der Waals surface area contributed by atoms with Crippen molar-refractivity contribution >= 4 is 82.4 Å². The predicted octanol–water partition coefficient (Wildman–Crippen LogP) is 8.40. The first-order chi connectivity index (χ1) is 20.4. The van der Waals surface area contributed by atoms with E-state index in [1.165, 1.54) is 22.2 Å². The maximum absolute atomic E-state index is 13.9. The first-order valence-electron chi connectivity index (χ1n) is 13.7. The number of thioether (sulfide) groups is 1. The number of halogens is 1. The van der Waals surface area contributed by atoms with Crippen molar-refractivity contribution in [2.75, 3.05) is 11.1 Å². The summed E-state index contributed by atoms with van der Waals surface area (Å²) in [6.45, 7) is 2.08. The Kier molecular flexibility index (Phi) is 7.47. The molecule has 42 heavy (non-hydrogen) atoms. The molecule has 210 valence electrons. The zero-order chi connectivity index (χ0) is 28.8. The van der Waals surface area contributed by atoms with Crippen LogP contribution < -0.4 is 10.9 Å². The predicted molar refractivity (Wildman–Crippen MR) is 179 cm³/mol. The Labute approximate surface area is 263 Å². The normalized spacial score (nSPS) is 13.0. The Bertz CT molecular complexity index is 2030. The van der Waals surface area contributed by atoms with Crippen molar-refractivity contribution in [3.63, 3.8) is 0 Å². The maximum Gasteiger partial charge on any atom is 0.267 e. The van der Waals surface area contributed by atoms with Gasteiger partial charge in [-0.3, -0.25) is 14.2 Å². The van der Waals surface area contributed by atoms with Gasteiger partial charge in [-0.05, 0) is 104 Å². The first-order valence-corrected chi connectivity index (χ1v) is 17.1. The van der Waals surface area contributed by atoms with Gasteiger partial charge in [-0.2, -0.15) is 0 Å². The van der Waals surface area contributed by atoms with E-state index in [9.17, 15) is 9.59 Å². The summed E-state index contributed by atoms with van der Waals surface area (Å²) in [5, 5.41) is 5.19. The number of aryl methyl sites for hydroxylation is 3. The van der Waals surface area contributed by atoms with Gasteiger partial charge in [0.15, 0.2) is 5.16 Å². The van der Waals surface area contributed by atoms with E-state index >= 15 is 0 Å².